The number of fused-ring (bicyclic) bond motifs is 1. The molecule has 2 aromatic rings. The minimum atomic E-state index is -0.0200. The first kappa shape index (κ1) is 11.0. The number of rotatable bonds is 2. The van der Waals surface area contributed by atoms with Crippen molar-refractivity contribution in [3.8, 4) is 0 Å². The molecule has 0 fully saturated rings. The number of thiazole rings is 1. The highest BCUT2D eigenvalue weighted by atomic mass is 32.1. The van der Waals surface area contributed by atoms with Crippen molar-refractivity contribution in [2.24, 2.45) is 0 Å². The first-order valence-corrected chi connectivity index (χ1v) is 5.96. The summed E-state index contributed by atoms with van der Waals surface area (Å²) < 4.78 is 1.04. The monoisotopic (exact) mass is 235 g/mol. The topological polar surface area (TPSA) is 54.9 Å². The zero-order valence-corrected chi connectivity index (χ0v) is 10.3. The summed E-state index contributed by atoms with van der Waals surface area (Å²) in [6.07, 6.45) is 0.460. The van der Waals surface area contributed by atoms with Gasteiger partial charge in [0.1, 0.15) is 0 Å². The van der Waals surface area contributed by atoms with Gasteiger partial charge in [-0.1, -0.05) is 18.3 Å². The second-order valence-corrected chi connectivity index (χ2v) is 4.65. The Labute approximate surface area is 97.7 Å². The van der Waals surface area contributed by atoms with Crippen molar-refractivity contribution in [2.45, 2.75) is 27.2 Å². The van der Waals surface area contributed by atoms with E-state index in [1.54, 1.807) is 0 Å². The first-order chi connectivity index (χ1) is 7.60. The summed E-state index contributed by atoms with van der Waals surface area (Å²) in [6, 6.07) is 2.02. The summed E-state index contributed by atoms with van der Waals surface area (Å²) in [6.45, 7) is 5.78. The normalized spacial score (nSPS) is 10.7. The van der Waals surface area contributed by atoms with Gasteiger partial charge in [0, 0.05) is 12.1 Å². The molecule has 16 heavy (non-hydrogen) atoms. The lowest BCUT2D eigenvalue weighted by molar-refractivity contribution is -0.115. The highest BCUT2D eigenvalue weighted by molar-refractivity contribution is 7.22. The van der Waals surface area contributed by atoms with Crippen molar-refractivity contribution in [3.05, 3.63) is 17.3 Å². The Kier molecular flexibility index (Phi) is 2.87. The second kappa shape index (κ2) is 4.17. The summed E-state index contributed by atoms with van der Waals surface area (Å²) in [4.78, 5) is 19.9. The number of hydrogen-bond acceptors (Lipinski definition) is 4. The van der Waals surface area contributed by atoms with Crippen LogP contribution in [0.1, 0.15) is 24.6 Å². The molecular weight excluding hydrogens is 222 g/mol. The van der Waals surface area contributed by atoms with Crippen LogP contribution in [-0.4, -0.2) is 15.9 Å². The van der Waals surface area contributed by atoms with Gasteiger partial charge in [-0.15, -0.1) is 0 Å². The Balaban J connectivity index is 2.44. The fraction of sp³-hybridized carbons (Fsp3) is 0.364. The van der Waals surface area contributed by atoms with Crippen LogP contribution in [0.4, 0.5) is 5.13 Å². The number of anilines is 1. The zero-order valence-electron chi connectivity index (χ0n) is 9.50. The van der Waals surface area contributed by atoms with E-state index < -0.39 is 0 Å². The third-order valence-corrected chi connectivity index (χ3v) is 3.34. The van der Waals surface area contributed by atoms with E-state index in [4.69, 9.17) is 0 Å². The Morgan fingerprint density at radius 1 is 1.44 bits per heavy atom. The Morgan fingerprint density at radius 2 is 2.19 bits per heavy atom. The molecule has 2 aromatic heterocycles. The van der Waals surface area contributed by atoms with Gasteiger partial charge in [-0.3, -0.25) is 4.79 Å². The SMILES string of the molecule is CCC(=O)Nc1nc2nc(C)cc(C)c2s1. The van der Waals surface area contributed by atoms with E-state index in [2.05, 4.69) is 15.3 Å². The van der Waals surface area contributed by atoms with Crippen LogP contribution in [0, 0.1) is 13.8 Å². The van der Waals surface area contributed by atoms with Gasteiger partial charge >= 0.3 is 0 Å². The largest absolute Gasteiger partial charge is 0.302 e. The molecule has 84 valence electrons. The lowest BCUT2D eigenvalue weighted by Gasteiger charge is -1.95. The van der Waals surface area contributed by atoms with Gasteiger partial charge in [0.2, 0.25) is 5.91 Å². The van der Waals surface area contributed by atoms with Gasteiger partial charge < -0.3 is 5.32 Å². The smallest absolute Gasteiger partial charge is 0.225 e. The molecule has 0 aliphatic rings. The van der Waals surface area contributed by atoms with E-state index >= 15 is 0 Å². The molecule has 0 unspecified atom stereocenters. The van der Waals surface area contributed by atoms with Crippen LogP contribution in [0.2, 0.25) is 0 Å². The average molecular weight is 235 g/mol. The molecule has 1 amide bonds. The van der Waals surface area contributed by atoms with Gasteiger partial charge in [0.25, 0.3) is 0 Å². The number of aryl methyl sites for hydroxylation is 2. The molecule has 0 aliphatic carbocycles. The molecule has 0 spiro atoms. The highest BCUT2D eigenvalue weighted by Gasteiger charge is 2.09. The molecule has 0 bridgehead atoms. The van der Waals surface area contributed by atoms with Crippen LogP contribution < -0.4 is 5.32 Å². The number of carbonyl (C=O) groups excluding carboxylic acids is 1. The van der Waals surface area contributed by atoms with Gasteiger partial charge in [-0.2, -0.15) is 4.98 Å². The Bertz CT molecular complexity index is 547. The van der Waals surface area contributed by atoms with E-state index in [0.717, 1.165) is 16.0 Å². The minimum Gasteiger partial charge on any atom is -0.302 e. The summed E-state index contributed by atoms with van der Waals surface area (Å²) in [5, 5.41) is 3.38. The molecule has 2 rings (SSSR count). The average Bonchev–Trinajstić information content (AvgIpc) is 2.60. The van der Waals surface area contributed by atoms with Gasteiger partial charge in [0.15, 0.2) is 10.8 Å². The molecule has 5 heteroatoms. The first-order valence-electron chi connectivity index (χ1n) is 5.14. The fourth-order valence-electron chi connectivity index (χ4n) is 1.48. The molecule has 0 radical (unpaired) electrons. The molecule has 2 heterocycles. The summed E-state index contributed by atoms with van der Waals surface area (Å²) >= 11 is 1.47. The maximum Gasteiger partial charge on any atom is 0.225 e. The van der Waals surface area contributed by atoms with E-state index in [1.165, 1.54) is 11.3 Å². The van der Waals surface area contributed by atoms with Crippen molar-refractivity contribution in [1.82, 2.24) is 9.97 Å². The molecule has 0 saturated heterocycles. The molecular formula is C11H13N3OS. The predicted octanol–water partition coefficient (Wildman–Crippen LogP) is 2.66. The van der Waals surface area contributed by atoms with Crippen molar-refractivity contribution in [1.29, 1.82) is 0 Å². The Morgan fingerprint density at radius 3 is 2.88 bits per heavy atom. The number of hydrogen-bond donors (Lipinski definition) is 1. The predicted molar refractivity (Wildman–Crippen MR) is 65.8 cm³/mol. The third-order valence-electron chi connectivity index (χ3n) is 2.24. The maximum absolute atomic E-state index is 11.2. The summed E-state index contributed by atoms with van der Waals surface area (Å²) in [5.41, 5.74) is 2.81. The molecule has 0 saturated carbocycles. The van der Waals surface area contributed by atoms with Gasteiger partial charge in [0.05, 0.1) is 4.70 Å². The van der Waals surface area contributed by atoms with Crippen molar-refractivity contribution in [3.63, 3.8) is 0 Å². The summed E-state index contributed by atoms with van der Waals surface area (Å²) in [5.74, 6) is -0.0200. The fourth-order valence-corrected chi connectivity index (χ4v) is 2.38. The standard InChI is InChI=1S/C11H13N3OS/c1-4-8(15)13-11-14-10-9(16-11)6(2)5-7(3)12-10/h5H,4H2,1-3H3,(H,12,13,14,15). The number of nitrogens with one attached hydrogen (secondary N) is 1. The molecule has 1 N–H and O–H groups in total. The van der Waals surface area contributed by atoms with Gasteiger partial charge in [-0.05, 0) is 25.5 Å². The minimum absolute atomic E-state index is 0.0200. The van der Waals surface area contributed by atoms with Crippen molar-refractivity contribution in [2.75, 3.05) is 5.32 Å². The number of aromatic nitrogens is 2. The van der Waals surface area contributed by atoms with Crippen LogP contribution in [0.25, 0.3) is 10.3 Å². The molecule has 0 aliphatic heterocycles. The number of pyridine rings is 1. The van der Waals surface area contributed by atoms with Crippen LogP contribution in [-0.2, 0) is 4.79 Å². The van der Waals surface area contributed by atoms with Crippen LogP contribution in [0.5, 0.6) is 0 Å². The van der Waals surface area contributed by atoms with E-state index in [0.29, 0.717) is 17.2 Å². The lowest BCUT2D eigenvalue weighted by Crippen LogP contribution is -2.08. The summed E-state index contributed by atoms with van der Waals surface area (Å²) in [7, 11) is 0. The Hall–Kier alpha value is -1.49. The molecule has 0 atom stereocenters. The second-order valence-electron chi connectivity index (χ2n) is 3.65. The van der Waals surface area contributed by atoms with Crippen LogP contribution >= 0.6 is 11.3 Å². The number of amides is 1. The van der Waals surface area contributed by atoms with Gasteiger partial charge in [-0.25, -0.2) is 4.98 Å². The lowest BCUT2D eigenvalue weighted by atomic mass is 10.2. The van der Waals surface area contributed by atoms with E-state index in [9.17, 15) is 4.79 Å². The van der Waals surface area contributed by atoms with Crippen LogP contribution in [0.15, 0.2) is 6.07 Å². The zero-order chi connectivity index (χ0) is 11.7. The van der Waals surface area contributed by atoms with Crippen molar-refractivity contribution < 1.29 is 4.79 Å². The third kappa shape index (κ3) is 2.04. The van der Waals surface area contributed by atoms with E-state index in [1.807, 2.05) is 26.8 Å². The quantitative estimate of drug-likeness (QED) is 0.870. The number of carbonyl (C=O) groups is 1. The van der Waals surface area contributed by atoms with Crippen molar-refractivity contribution >= 4 is 32.7 Å². The van der Waals surface area contributed by atoms with E-state index in [-0.39, 0.29) is 5.91 Å². The van der Waals surface area contributed by atoms with Crippen LogP contribution in [0.3, 0.4) is 0 Å². The molecule has 4 nitrogen and oxygen atoms in total. The number of nitrogens with zero attached hydrogens (tertiary/aromatic N) is 2. The molecule has 0 aromatic carbocycles. The highest BCUT2D eigenvalue weighted by Crippen LogP contribution is 2.27. The maximum atomic E-state index is 11.2.